The molecule has 0 amide bonds. The molecule has 3 heterocycles. The van der Waals surface area contributed by atoms with Crippen molar-refractivity contribution in [2.45, 2.75) is 26.3 Å². The van der Waals surface area contributed by atoms with Gasteiger partial charge in [0.1, 0.15) is 0 Å². The van der Waals surface area contributed by atoms with Crippen LogP contribution in [0.5, 0.6) is 0 Å². The standard InChI is InChI=1S/C13H16N4OS/c1-9-15-6-10(19-9)7-17-8-16-12-3-5-14-4-2-11(12)13(17)18/h6,8,14H,2-5,7H2,1H3. The highest BCUT2D eigenvalue weighted by atomic mass is 32.1. The Balaban J connectivity index is 1.95. The van der Waals surface area contributed by atoms with Gasteiger partial charge in [-0.25, -0.2) is 9.97 Å². The van der Waals surface area contributed by atoms with E-state index in [4.69, 9.17) is 0 Å². The minimum atomic E-state index is 0.0970. The van der Waals surface area contributed by atoms with Gasteiger partial charge in [0.15, 0.2) is 0 Å². The van der Waals surface area contributed by atoms with E-state index in [2.05, 4.69) is 15.3 Å². The molecule has 0 radical (unpaired) electrons. The van der Waals surface area contributed by atoms with Gasteiger partial charge in [-0.2, -0.15) is 0 Å². The summed E-state index contributed by atoms with van der Waals surface area (Å²) in [6.45, 7) is 4.29. The maximum absolute atomic E-state index is 12.5. The third-order valence-electron chi connectivity index (χ3n) is 3.31. The predicted octanol–water partition coefficient (Wildman–Crippen LogP) is 0.745. The largest absolute Gasteiger partial charge is 0.316 e. The summed E-state index contributed by atoms with van der Waals surface area (Å²) in [6, 6.07) is 0. The summed E-state index contributed by atoms with van der Waals surface area (Å²) in [4.78, 5) is 22.2. The summed E-state index contributed by atoms with van der Waals surface area (Å²) in [6.07, 6.45) is 5.11. The Kier molecular flexibility index (Phi) is 3.44. The number of hydrogen-bond donors (Lipinski definition) is 1. The molecule has 6 heteroatoms. The van der Waals surface area contributed by atoms with E-state index in [0.717, 1.165) is 47.1 Å². The first-order valence-electron chi connectivity index (χ1n) is 6.43. The number of rotatable bonds is 2. The van der Waals surface area contributed by atoms with E-state index in [1.165, 1.54) is 0 Å². The van der Waals surface area contributed by atoms with E-state index in [0.29, 0.717) is 6.54 Å². The van der Waals surface area contributed by atoms with Crippen molar-refractivity contribution < 1.29 is 0 Å². The second-order valence-electron chi connectivity index (χ2n) is 4.70. The van der Waals surface area contributed by atoms with Crippen LogP contribution in [-0.4, -0.2) is 27.6 Å². The maximum Gasteiger partial charge on any atom is 0.257 e. The van der Waals surface area contributed by atoms with Crippen LogP contribution in [0.25, 0.3) is 0 Å². The zero-order chi connectivity index (χ0) is 13.2. The summed E-state index contributed by atoms with van der Waals surface area (Å²) in [5.74, 6) is 0. The number of aryl methyl sites for hydroxylation is 1. The molecule has 19 heavy (non-hydrogen) atoms. The van der Waals surface area contributed by atoms with E-state index < -0.39 is 0 Å². The third kappa shape index (κ3) is 2.59. The lowest BCUT2D eigenvalue weighted by Gasteiger charge is -2.08. The van der Waals surface area contributed by atoms with Crippen molar-refractivity contribution in [2.75, 3.05) is 13.1 Å². The number of nitrogens with zero attached hydrogens (tertiary/aromatic N) is 3. The Labute approximate surface area is 115 Å². The van der Waals surface area contributed by atoms with Gasteiger partial charge < -0.3 is 5.32 Å². The SMILES string of the molecule is Cc1ncc(Cn2cnc3c(c2=O)CCNCC3)s1. The molecule has 0 atom stereocenters. The molecule has 5 nitrogen and oxygen atoms in total. The second-order valence-corrected chi connectivity index (χ2v) is 6.02. The highest BCUT2D eigenvalue weighted by Gasteiger charge is 2.14. The van der Waals surface area contributed by atoms with Crippen LogP contribution in [0, 0.1) is 6.92 Å². The minimum absolute atomic E-state index is 0.0970. The molecule has 3 rings (SSSR count). The lowest BCUT2D eigenvalue weighted by atomic mass is 10.1. The Bertz CT molecular complexity index is 646. The monoisotopic (exact) mass is 276 g/mol. The Morgan fingerprint density at radius 3 is 3.00 bits per heavy atom. The van der Waals surface area contributed by atoms with Gasteiger partial charge in [-0.15, -0.1) is 11.3 Å². The van der Waals surface area contributed by atoms with Gasteiger partial charge in [-0.05, 0) is 19.9 Å². The fourth-order valence-electron chi connectivity index (χ4n) is 2.34. The molecule has 0 bridgehead atoms. The van der Waals surface area contributed by atoms with Crippen LogP contribution in [0.2, 0.25) is 0 Å². The van der Waals surface area contributed by atoms with Crippen LogP contribution >= 0.6 is 11.3 Å². The van der Waals surface area contributed by atoms with Crippen molar-refractivity contribution in [3.63, 3.8) is 0 Å². The molecule has 1 aliphatic heterocycles. The summed E-state index contributed by atoms with van der Waals surface area (Å²) in [7, 11) is 0. The van der Waals surface area contributed by atoms with E-state index in [1.807, 2.05) is 13.1 Å². The number of fused-ring (bicyclic) bond motifs is 1. The molecule has 0 aliphatic carbocycles. The van der Waals surface area contributed by atoms with Crippen LogP contribution in [0.15, 0.2) is 17.3 Å². The van der Waals surface area contributed by atoms with Crippen LogP contribution in [0.3, 0.4) is 0 Å². The van der Waals surface area contributed by atoms with Gasteiger partial charge in [-0.1, -0.05) is 0 Å². The van der Waals surface area contributed by atoms with Gasteiger partial charge in [0.2, 0.25) is 0 Å². The van der Waals surface area contributed by atoms with E-state index in [9.17, 15) is 4.79 Å². The fourth-order valence-corrected chi connectivity index (χ4v) is 3.13. The summed E-state index contributed by atoms with van der Waals surface area (Å²) >= 11 is 1.62. The molecule has 0 spiro atoms. The van der Waals surface area contributed by atoms with E-state index >= 15 is 0 Å². The quantitative estimate of drug-likeness (QED) is 0.879. The van der Waals surface area contributed by atoms with E-state index in [1.54, 1.807) is 22.2 Å². The molecule has 0 aromatic carbocycles. The van der Waals surface area contributed by atoms with Crippen LogP contribution in [-0.2, 0) is 19.4 Å². The molecule has 0 saturated carbocycles. The number of thiazole rings is 1. The van der Waals surface area contributed by atoms with E-state index in [-0.39, 0.29) is 5.56 Å². The lowest BCUT2D eigenvalue weighted by molar-refractivity contribution is 0.706. The Hall–Kier alpha value is -1.53. The summed E-state index contributed by atoms with van der Waals surface area (Å²) in [5, 5.41) is 4.32. The van der Waals surface area contributed by atoms with Crippen molar-refractivity contribution in [2.24, 2.45) is 0 Å². The third-order valence-corrected chi connectivity index (χ3v) is 4.20. The zero-order valence-electron chi connectivity index (χ0n) is 10.8. The van der Waals surface area contributed by atoms with Gasteiger partial charge in [-0.3, -0.25) is 9.36 Å². The Morgan fingerprint density at radius 2 is 2.21 bits per heavy atom. The lowest BCUT2D eigenvalue weighted by Crippen LogP contribution is -2.27. The molecule has 2 aromatic rings. The molecule has 2 aromatic heterocycles. The highest BCUT2D eigenvalue weighted by Crippen LogP contribution is 2.13. The first-order valence-corrected chi connectivity index (χ1v) is 7.25. The zero-order valence-corrected chi connectivity index (χ0v) is 11.7. The fraction of sp³-hybridized carbons (Fsp3) is 0.462. The minimum Gasteiger partial charge on any atom is -0.316 e. The Morgan fingerprint density at radius 1 is 1.37 bits per heavy atom. The second kappa shape index (κ2) is 5.22. The normalized spacial score (nSPS) is 15.0. The molecule has 1 N–H and O–H groups in total. The average Bonchev–Trinajstić information content (AvgIpc) is 2.66. The molecular weight excluding hydrogens is 260 g/mol. The van der Waals surface area contributed by atoms with Gasteiger partial charge >= 0.3 is 0 Å². The molecule has 100 valence electrons. The van der Waals surface area contributed by atoms with Crippen molar-refractivity contribution in [1.29, 1.82) is 0 Å². The molecule has 0 unspecified atom stereocenters. The molecule has 1 aliphatic rings. The first-order chi connectivity index (χ1) is 9.24. The molecule has 0 saturated heterocycles. The van der Waals surface area contributed by atoms with Crippen LogP contribution in [0.4, 0.5) is 0 Å². The smallest absolute Gasteiger partial charge is 0.257 e. The van der Waals surface area contributed by atoms with Crippen molar-refractivity contribution in [3.8, 4) is 0 Å². The van der Waals surface area contributed by atoms with Gasteiger partial charge in [0.25, 0.3) is 5.56 Å². The highest BCUT2D eigenvalue weighted by molar-refractivity contribution is 7.11. The van der Waals surface area contributed by atoms with Crippen molar-refractivity contribution in [1.82, 2.24) is 19.9 Å². The van der Waals surface area contributed by atoms with Crippen molar-refractivity contribution >= 4 is 11.3 Å². The molecule has 0 fully saturated rings. The summed E-state index contributed by atoms with van der Waals surface area (Å²) in [5.41, 5.74) is 1.92. The average molecular weight is 276 g/mol. The predicted molar refractivity (Wildman–Crippen MR) is 74.7 cm³/mol. The summed E-state index contributed by atoms with van der Waals surface area (Å²) < 4.78 is 1.69. The molecular formula is C13H16N4OS. The topological polar surface area (TPSA) is 59.8 Å². The van der Waals surface area contributed by atoms with Crippen molar-refractivity contribution in [3.05, 3.63) is 44.0 Å². The first kappa shape index (κ1) is 12.5. The van der Waals surface area contributed by atoms with Crippen LogP contribution in [0.1, 0.15) is 21.1 Å². The van der Waals surface area contributed by atoms with Gasteiger partial charge in [0.05, 0.1) is 23.6 Å². The number of nitrogens with one attached hydrogen (secondary N) is 1. The number of hydrogen-bond acceptors (Lipinski definition) is 5. The van der Waals surface area contributed by atoms with Gasteiger partial charge in [0, 0.05) is 29.6 Å². The maximum atomic E-state index is 12.5. The van der Waals surface area contributed by atoms with Crippen LogP contribution < -0.4 is 10.9 Å². The number of aromatic nitrogens is 3.